The fraction of sp³-hybridized carbons (Fsp3) is 0. The molecule has 1 N–H and O–H groups in total. The van der Waals surface area contributed by atoms with E-state index in [0.717, 1.165) is 0 Å². The van der Waals surface area contributed by atoms with E-state index in [1.165, 1.54) is 6.07 Å². The van der Waals surface area contributed by atoms with Crippen molar-refractivity contribution in [3.05, 3.63) is 76.8 Å². The molecule has 0 bridgehead atoms. The topological polar surface area (TPSA) is 38.7 Å². The van der Waals surface area contributed by atoms with Gasteiger partial charge in [0, 0.05) is 16.1 Å². The highest BCUT2D eigenvalue weighted by Crippen LogP contribution is 2.36. The van der Waals surface area contributed by atoms with Crippen molar-refractivity contribution in [2.45, 2.75) is 0 Å². The van der Waals surface area contributed by atoms with Crippen LogP contribution in [0.5, 0.6) is 28.7 Å². The third-order valence-corrected chi connectivity index (χ3v) is 3.46. The number of phenols is 1. The van der Waals surface area contributed by atoms with Crippen LogP contribution in [0.15, 0.2) is 66.7 Å². The normalized spacial score (nSPS) is 10.3. The predicted molar refractivity (Wildman–Crippen MR) is 91.2 cm³/mol. The monoisotopic (exact) mass is 346 g/mol. The van der Waals surface area contributed by atoms with Crippen molar-refractivity contribution >= 4 is 23.2 Å². The molecular formula is C18H12Cl2O3. The van der Waals surface area contributed by atoms with Crippen LogP contribution in [0.3, 0.4) is 0 Å². The lowest BCUT2D eigenvalue weighted by atomic mass is 10.3. The maximum absolute atomic E-state index is 9.94. The highest BCUT2D eigenvalue weighted by molar-refractivity contribution is 6.31. The maximum atomic E-state index is 9.94. The van der Waals surface area contributed by atoms with E-state index in [9.17, 15) is 5.11 Å². The highest BCUT2D eigenvalue weighted by atomic mass is 35.5. The minimum absolute atomic E-state index is 0.00317. The number of hydrogen-bond acceptors (Lipinski definition) is 3. The average molecular weight is 347 g/mol. The Kier molecular flexibility index (Phi) is 4.60. The Bertz CT molecular complexity index is 834. The van der Waals surface area contributed by atoms with Crippen LogP contribution in [0.1, 0.15) is 0 Å². The second-order valence-electron chi connectivity index (χ2n) is 4.75. The molecule has 0 spiro atoms. The van der Waals surface area contributed by atoms with Crippen molar-refractivity contribution in [1.82, 2.24) is 0 Å². The molecule has 0 aliphatic heterocycles. The zero-order chi connectivity index (χ0) is 16.2. The molecule has 0 aromatic heterocycles. The summed E-state index contributed by atoms with van der Waals surface area (Å²) < 4.78 is 11.4. The molecule has 0 aliphatic rings. The predicted octanol–water partition coefficient (Wildman–Crippen LogP) is 6.28. The van der Waals surface area contributed by atoms with Crippen LogP contribution in [-0.4, -0.2) is 5.11 Å². The Hall–Kier alpha value is -2.36. The molecule has 3 rings (SSSR count). The van der Waals surface area contributed by atoms with Gasteiger partial charge in [0.25, 0.3) is 0 Å². The van der Waals surface area contributed by atoms with Gasteiger partial charge in [-0.3, -0.25) is 0 Å². The second-order valence-corrected chi connectivity index (χ2v) is 5.62. The molecule has 3 nitrogen and oxygen atoms in total. The van der Waals surface area contributed by atoms with Gasteiger partial charge in [-0.1, -0.05) is 35.3 Å². The molecular weight excluding hydrogens is 335 g/mol. The van der Waals surface area contributed by atoms with Gasteiger partial charge in [0.2, 0.25) is 0 Å². The zero-order valence-electron chi connectivity index (χ0n) is 11.9. The van der Waals surface area contributed by atoms with E-state index >= 15 is 0 Å². The van der Waals surface area contributed by atoms with Gasteiger partial charge < -0.3 is 14.6 Å². The van der Waals surface area contributed by atoms with E-state index in [4.69, 9.17) is 32.7 Å². The first-order valence-corrected chi connectivity index (χ1v) is 7.55. The van der Waals surface area contributed by atoms with Crippen LogP contribution < -0.4 is 9.47 Å². The summed E-state index contributed by atoms with van der Waals surface area (Å²) in [7, 11) is 0. The zero-order valence-corrected chi connectivity index (χ0v) is 13.4. The Labute approximate surface area is 143 Å². The Morgan fingerprint density at radius 1 is 0.652 bits per heavy atom. The fourth-order valence-corrected chi connectivity index (χ4v) is 2.32. The van der Waals surface area contributed by atoms with Gasteiger partial charge in [-0.2, -0.15) is 0 Å². The van der Waals surface area contributed by atoms with E-state index in [0.29, 0.717) is 27.3 Å². The Morgan fingerprint density at radius 3 is 1.83 bits per heavy atom. The van der Waals surface area contributed by atoms with Gasteiger partial charge in [-0.15, -0.1) is 0 Å². The second kappa shape index (κ2) is 6.82. The summed E-state index contributed by atoms with van der Waals surface area (Å²) in [5.41, 5.74) is 0. The van der Waals surface area contributed by atoms with Gasteiger partial charge in [-0.25, -0.2) is 0 Å². The molecule has 0 aliphatic carbocycles. The molecule has 0 unspecified atom stereocenters. The lowest BCUT2D eigenvalue weighted by molar-refractivity contribution is 0.405. The Balaban J connectivity index is 1.84. The lowest BCUT2D eigenvalue weighted by Crippen LogP contribution is -1.88. The molecule has 0 atom stereocenters. The molecule has 0 saturated heterocycles. The van der Waals surface area contributed by atoms with E-state index in [1.54, 1.807) is 60.7 Å². The smallest absolute Gasteiger partial charge is 0.172 e. The molecule has 116 valence electrons. The van der Waals surface area contributed by atoms with Crippen LogP contribution in [0.2, 0.25) is 10.0 Å². The Morgan fingerprint density at radius 2 is 1.22 bits per heavy atom. The maximum Gasteiger partial charge on any atom is 0.172 e. The first-order chi connectivity index (χ1) is 11.1. The van der Waals surface area contributed by atoms with E-state index < -0.39 is 0 Å². The third kappa shape index (κ3) is 4.09. The third-order valence-electron chi connectivity index (χ3n) is 2.99. The van der Waals surface area contributed by atoms with Gasteiger partial charge in [0.05, 0.1) is 0 Å². The summed E-state index contributed by atoms with van der Waals surface area (Å²) in [6.07, 6.45) is 0. The molecule has 3 aromatic rings. The number of phenolic OH excluding ortho intramolecular Hbond substituents is 1. The van der Waals surface area contributed by atoms with Crippen LogP contribution in [0.4, 0.5) is 0 Å². The number of benzene rings is 3. The quantitative estimate of drug-likeness (QED) is 0.603. The minimum atomic E-state index is 0.00317. The first kappa shape index (κ1) is 15.5. The summed E-state index contributed by atoms with van der Waals surface area (Å²) in [6.45, 7) is 0. The number of halogens is 2. The molecule has 0 saturated carbocycles. The van der Waals surface area contributed by atoms with Crippen molar-refractivity contribution in [3.8, 4) is 28.7 Å². The van der Waals surface area contributed by atoms with Crippen molar-refractivity contribution in [2.75, 3.05) is 0 Å². The SMILES string of the molecule is Oc1ccc(Oc2cccc(Cl)c2)cc1Oc1cccc(Cl)c1. The van der Waals surface area contributed by atoms with E-state index in [2.05, 4.69) is 0 Å². The van der Waals surface area contributed by atoms with Gasteiger partial charge in [-0.05, 0) is 48.5 Å². The largest absolute Gasteiger partial charge is 0.504 e. The van der Waals surface area contributed by atoms with Gasteiger partial charge in [0.15, 0.2) is 11.5 Å². The van der Waals surface area contributed by atoms with E-state index in [1.807, 2.05) is 0 Å². The molecule has 0 amide bonds. The molecule has 23 heavy (non-hydrogen) atoms. The number of hydrogen-bond donors (Lipinski definition) is 1. The van der Waals surface area contributed by atoms with Crippen LogP contribution in [0, 0.1) is 0 Å². The summed E-state index contributed by atoms with van der Waals surface area (Å²) in [6, 6.07) is 18.7. The molecule has 0 radical (unpaired) electrons. The molecule has 0 heterocycles. The number of aromatic hydroxyl groups is 1. The fourth-order valence-electron chi connectivity index (χ4n) is 1.96. The van der Waals surface area contributed by atoms with E-state index in [-0.39, 0.29) is 11.5 Å². The van der Waals surface area contributed by atoms with Gasteiger partial charge in [0.1, 0.15) is 17.2 Å². The van der Waals surface area contributed by atoms with Crippen LogP contribution in [-0.2, 0) is 0 Å². The first-order valence-electron chi connectivity index (χ1n) is 6.80. The average Bonchev–Trinajstić information content (AvgIpc) is 2.51. The van der Waals surface area contributed by atoms with Crippen molar-refractivity contribution in [3.63, 3.8) is 0 Å². The van der Waals surface area contributed by atoms with Crippen molar-refractivity contribution < 1.29 is 14.6 Å². The van der Waals surface area contributed by atoms with Crippen molar-refractivity contribution in [1.29, 1.82) is 0 Å². The number of rotatable bonds is 4. The lowest BCUT2D eigenvalue weighted by Gasteiger charge is -2.11. The summed E-state index contributed by atoms with van der Waals surface area (Å²) >= 11 is 11.9. The standard InChI is InChI=1S/C18H12Cl2O3/c19-12-3-1-5-14(9-12)22-16-7-8-17(21)18(11-16)23-15-6-2-4-13(20)10-15/h1-11,21H. The van der Waals surface area contributed by atoms with Crippen LogP contribution >= 0.6 is 23.2 Å². The highest BCUT2D eigenvalue weighted by Gasteiger charge is 2.08. The minimum Gasteiger partial charge on any atom is -0.504 e. The summed E-state index contributed by atoms with van der Waals surface area (Å²) in [4.78, 5) is 0. The van der Waals surface area contributed by atoms with Crippen molar-refractivity contribution in [2.24, 2.45) is 0 Å². The molecule has 5 heteroatoms. The van der Waals surface area contributed by atoms with Gasteiger partial charge >= 0.3 is 0 Å². The van der Waals surface area contributed by atoms with Crippen LogP contribution in [0.25, 0.3) is 0 Å². The molecule has 0 fully saturated rings. The number of ether oxygens (including phenoxy) is 2. The molecule has 3 aromatic carbocycles. The summed E-state index contributed by atoms with van der Waals surface area (Å²) in [5, 5.41) is 11.1. The summed E-state index contributed by atoms with van der Waals surface area (Å²) in [5.74, 6) is 1.90.